The summed E-state index contributed by atoms with van der Waals surface area (Å²) in [5, 5.41) is 8.72. The van der Waals surface area contributed by atoms with Gasteiger partial charge in [0.25, 0.3) is 0 Å². The van der Waals surface area contributed by atoms with Crippen LogP contribution in [0.15, 0.2) is 36.5 Å². The van der Waals surface area contributed by atoms with Crippen LogP contribution in [0.2, 0.25) is 0 Å². The van der Waals surface area contributed by atoms with Crippen LogP contribution in [-0.4, -0.2) is 40.9 Å². The molecule has 1 N–H and O–H groups in total. The molecule has 0 aliphatic rings. The predicted octanol–water partition coefficient (Wildman–Crippen LogP) is 4.03. The van der Waals surface area contributed by atoms with Gasteiger partial charge in [0.15, 0.2) is 11.5 Å². The minimum Gasteiger partial charge on any atom is -0.494 e. The van der Waals surface area contributed by atoms with Gasteiger partial charge in [0.05, 0.1) is 13.2 Å². The third-order valence-electron chi connectivity index (χ3n) is 4.07. The number of ether oxygens (including phenoxy) is 2. The van der Waals surface area contributed by atoms with Gasteiger partial charge in [0, 0.05) is 11.8 Å². The molecule has 2 rings (SSSR count). The van der Waals surface area contributed by atoms with Gasteiger partial charge in [-0.25, -0.2) is 14.8 Å². The number of esters is 1. The summed E-state index contributed by atoms with van der Waals surface area (Å²) in [7, 11) is 0. The summed E-state index contributed by atoms with van der Waals surface area (Å²) < 4.78 is 10.6. The Morgan fingerprint density at radius 1 is 1.00 bits per heavy atom. The Labute approximate surface area is 160 Å². The van der Waals surface area contributed by atoms with Crippen molar-refractivity contribution in [3.63, 3.8) is 0 Å². The number of aliphatic hydroxyl groups is 1. The molecule has 0 spiro atoms. The Morgan fingerprint density at radius 2 is 1.74 bits per heavy atom. The molecule has 1 heterocycles. The van der Waals surface area contributed by atoms with Crippen LogP contribution in [0.1, 0.15) is 55.9 Å². The second kappa shape index (κ2) is 12.0. The second-order valence-corrected chi connectivity index (χ2v) is 6.27. The van der Waals surface area contributed by atoms with Gasteiger partial charge in [0.2, 0.25) is 0 Å². The van der Waals surface area contributed by atoms with Gasteiger partial charge in [0.1, 0.15) is 12.4 Å². The van der Waals surface area contributed by atoms with Gasteiger partial charge in [-0.2, -0.15) is 0 Å². The maximum absolute atomic E-state index is 11.8. The second-order valence-electron chi connectivity index (χ2n) is 6.27. The quantitative estimate of drug-likeness (QED) is 0.447. The fourth-order valence-electron chi connectivity index (χ4n) is 2.60. The van der Waals surface area contributed by atoms with E-state index in [1.807, 2.05) is 24.3 Å². The van der Waals surface area contributed by atoms with Crippen molar-refractivity contribution in [1.29, 1.82) is 0 Å². The molecule has 2 aromatic rings. The van der Waals surface area contributed by atoms with Gasteiger partial charge >= 0.3 is 5.97 Å². The van der Waals surface area contributed by atoms with Crippen molar-refractivity contribution in [3.05, 3.63) is 42.2 Å². The maximum atomic E-state index is 11.8. The number of unbranched alkanes of at least 4 members (excludes halogenated alkanes) is 5. The fraction of sp³-hybridized carbons (Fsp3) is 0.476. The summed E-state index contributed by atoms with van der Waals surface area (Å²) >= 11 is 0. The zero-order valence-electron chi connectivity index (χ0n) is 15.9. The third kappa shape index (κ3) is 7.35. The minimum atomic E-state index is -0.577. The van der Waals surface area contributed by atoms with Gasteiger partial charge < -0.3 is 14.6 Å². The van der Waals surface area contributed by atoms with Crippen molar-refractivity contribution >= 4 is 5.97 Å². The fourth-order valence-corrected chi connectivity index (χ4v) is 2.60. The Kier molecular flexibility index (Phi) is 9.27. The highest BCUT2D eigenvalue weighted by molar-refractivity contribution is 5.87. The van der Waals surface area contributed by atoms with Crippen molar-refractivity contribution < 1.29 is 19.4 Å². The average Bonchev–Trinajstić information content (AvgIpc) is 2.72. The standard InChI is InChI=1S/C21H28N2O4/c1-2-3-4-5-6-7-15-26-18-10-8-17(9-11-18)20-22-13-12-19(23-20)21(25)27-16-14-24/h8-13,24H,2-7,14-16H2,1H3. The van der Waals surface area contributed by atoms with Gasteiger partial charge in [-0.15, -0.1) is 0 Å². The van der Waals surface area contributed by atoms with Crippen LogP contribution < -0.4 is 4.74 Å². The summed E-state index contributed by atoms with van der Waals surface area (Å²) in [6.07, 6.45) is 8.92. The van der Waals surface area contributed by atoms with Crippen LogP contribution in [0.3, 0.4) is 0 Å². The zero-order chi connectivity index (χ0) is 19.3. The smallest absolute Gasteiger partial charge is 0.357 e. The summed E-state index contributed by atoms with van der Waals surface area (Å²) in [4.78, 5) is 20.3. The first-order valence-electron chi connectivity index (χ1n) is 9.59. The van der Waals surface area contributed by atoms with Crippen LogP contribution in [-0.2, 0) is 4.74 Å². The number of rotatable bonds is 12. The van der Waals surface area contributed by atoms with Gasteiger partial charge in [-0.05, 0) is 36.8 Å². The summed E-state index contributed by atoms with van der Waals surface area (Å²) in [6, 6.07) is 8.99. The molecule has 0 saturated carbocycles. The number of benzene rings is 1. The Hall–Kier alpha value is -2.47. The number of nitrogens with zero attached hydrogens (tertiary/aromatic N) is 2. The molecule has 27 heavy (non-hydrogen) atoms. The van der Waals surface area contributed by atoms with Crippen LogP contribution in [0, 0.1) is 0 Å². The lowest BCUT2D eigenvalue weighted by atomic mass is 10.1. The number of hydrogen-bond donors (Lipinski definition) is 1. The molecule has 0 bridgehead atoms. The number of carbonyl (C=O) groups excluding carboxylic acids is 1. The van der Waals surface area contributed by atoms with Crippen molar-refractivity contribution in [1.82, 2.24) is 9.97 Å². The predicted molar refractivity (Wildman–Crippen MR) is 104 cm³/mol. The van der Waals surface area contributed by atoms with Crippen LogP contribution in [0.4, 0.5) is 0 Å². The van der Waals surface area contributed by atoms with Gasteiger partial charge in [-0.3, -0.25) is 0 Å². The number of aromatic nitrogens is 2. The molecule has 0 unspecified atom stereocenters. The Bertz CT molecular complexity index is 689. The highest BCUT2D eigenvalue weighted by Gasteiger charge is 2.11. The summed E-state index contributed by atoms with van der Waals surface area (Å²) in [5.41, 5.74) is 0.954. The maximum Gasteiger partial charge on any atom is 0.357 e. The number of carbonyl (C=O) groups is 1. The zero-order valence-corrected chi connectivity index (χ0v) is 15.9. The first kappa shape index (κ1) is 20.8. The molecule has 146 valence electrons. The van der Waals surface area contributed by atoms with E-state index in [1.54, 1.807) is 0 Å². The molecule has 6 heteroatoms. The van der Waals surface area contributed by atoms with E-state index in [4.69, 9.17) is 14.6 Å². The largest absolute Gasteiger partial charge is 0.494 e. The van der Waals surface area contributed by atoms with Crippen molar-refractivity contribution in [2.45, 2.75) is 45.4 Å². The minimum absolute atomic E-state index is 0.0528. The lowest BCUT2D eigenvalue weighted by molar-refractivity contribution is 0.0427. The van der Waals surface area contributed by atoms with Crippen molar-refractivity contribution in [2.75, 3.05) is 19.8 Å². The molecule has 0 aliphatic heterocycles. The van der Waals surface area contributed by atoms with E-state index in [1.165, 1.54) is 44.4 Å². The molecular weight excluding hydrogens is 344 g/mol. The molecule has 0 saturated heterocycles. The third-order valence-corrected chi connectivity index (χ3v) is 4.07. The van der Waals surface area contributed by atoms with Crippen molar-refractivity contribution in [3.8, 4) is 17.1 Å². The van der Waals surface area contributed by atoms with E-state index in [0.717, 1.165) is 17.7 Å². The molecule has 6 nitrogen and oxygen atoms in total. The lowest BCUT2D eigenvalue weighted by Gasteiger charge is -2.08. The molecule has 0 radical (unpaired) electrons. The molecule has 1 aromatic carbocycles. The van der Waals surface area contributed by atoms with Crippen LogP contribution in [0.5, 0.6) is 5.75 Å². The highest BCUT2D eigenvalue weighted by atomic mass is 16.5. The molecule has 0 fully saturated rings. The topological polar surface area (TPSA) is 81.5 Å². The van der Waals surface area contributed by atoms with Crippen LogP contribution in [0.25, 0.3) is 11.4 Å². The van der Waals surface area contributed by atoms with E-state index >= 15 is 0 Å². The van der Waals surface area contributed by atoms with Crippen molar-refractivity contribution in [2.24, 2.45) is 0 Å². The van der Waals surface area contributed by atoms with E-state index in [9.17, 15) is 4.79 Å². The van der Waals surface area contributed by atoms with E-state index in [0.29, 0.717) is 12.4 Å². The first-order valence-corrected chi connectivity index (χ1v) is 9.59. The van der Waals surface area contributed by atoms with E-state index < -0.39 is 5.97 Å². The molecule has 1 aromatic heterocycles. The molecular formula is C21H28N2O4. The number of aliphatic hydroxyl groups excluding tert-OH is 1. The summed E-state index contributed by atoms with van der Waals surface area (Å²) in [5.74, 6) is 0.674. The van der Waals surface area contributed by atoms with E-state index in [2.05, 4.69) is 16.9 Å². The molecule has 0 atom stereocenters. The highest BCUT2D eigenvalue weighted by Crippen LogP contribution is 2.20. The monoisotopic (exact) mass is 372 g/mol. The normalized spacial score (nSPS) is 10.6. The number of hydrogen-bond acceptors (Lipinski definition) is 6. The van der Waals surface area contributed by atoms with E-state index in [-0.39, 0.29) is 18.9 Å². The molecule has 0 aliphatic carbocycles. The van der Waals surface area contributed by atoms with Gasteiger partial charge in [-0.1, -0.05) is 39.0 Å². The van der Waals surface area contributed by atoms with Crippen LogP contribution >= 0.6 is 0 Å². The first-order chi connectivity index (χ1) is 13.2. The summed E-state index contributed by atoms with van der Waals surface area (Å²) in [6.45, 7) is 2.66. The Balaban J connectivity index is 1.85. The Morgan fingerprint density at radius 3 is 2.48 bits per heavy atom. The average molecular weight is 372 g/mol. The molecule has 0 amide bonds. The SMILES string of the molecule is CCCCCCCCOc1ccc(-c2nccc(C(=O)OCCO)n2)cc1. The lowest BCUT2D eigenvalue weighted by Crippen LogP contribution is -2.11.